The largest absolute Gasteiger partial charge is 0.206 e. The van der Waals surface area contributed by atoms with Crippen molar-refractivity contribution in [2.45, 2.75) is 0 Å². The highest BCUT2D eigenvalue weighted by molar-refractivity contribution is 6.30. The lowest BCUT2D eigenvalue weighted by molar-refractivity contribution is 0.631. The van der Waals surface area contributed by atoms with Crippen LogP contribution in [0.2, 0.25) is 5.02 Å². The van der Waals surface area contributed by atoms with E-state index in [1.807, 2.05) is 0 Å². The maximum atomic E-state index is 13.7. The van der Waals surface area contributed by atoms with Crippen LogP contribution in [-0.2, 0) is 0 Å². The predicted octanol–water partition coefficient (Wildman–Crippen LogP) is 4.13. The van der Waals surface area contributed by atoms with Crippen LogP contribution in [-0.4, -0.2) is 0 Å². The van der Waals surface area contributed by atoms with Gasteiger partial charge in [0.1, 0.15) is 5.82 Å². The second-order valence-electron chi connectivity index (χ2n) is 3.35. The van der Waals surface area contributed by atoms with E-state index in [9.17, 15) is 4.39 Å². The Kier molecular flexibility index (Phi) is 2.94. The van der Waals surface area contributed by atoms with Gasteiger partial charge in [-0.15, -0.1) is 6.42 Å². The minimum atomic E-state index is -0.322. The molecule has 2 aromatic carbocycles. The fourth-order valence-corrected chi connectivity index (χ4v) is 1.59. The Morgan fingerprint density at radius 1 is 1.06 bits per heavy atom. The van der Waals surface area contributed by atoms with Gasteiger partial charge in [0.2, 0.25) is 0 Å². The molecular weight excluding hydrogens is 223 g/mol. The molecule has 0 saturated carbocycles. The van der Waals surface area contributed by atoms with Gasteiger partial charge in [-0.05, 0) is 29.8 Å². The summed E-state index contributed by atoms with van der Waals surface area (Å²) in [5.74, 6) is 2.07. The zero-order valence-corrected chi connectivity index (χ0v) is 9.13. The molecule has 0 unspecified atom stereocenters. The average molecular weight is 231 g/mol. The molecule has 0 heterocycles. The van der Waals surface area contributed by atoms with Gasteiger partial charge in [-0.2, -0.15) is 0 Å². The number of terminal acetylenes is 1. The number of hydrogen-bond donors (Lipinski definition) is 0. The van der Waals surface area contributed by atoms with Gasteiger partial charge in [0.15, 0.2) is 0 Å². The monoisotopic (exact) mass is 230 g/mol. The van der Waals surface area contributed by atoms with Crippen LogP contribution in [0.4, 0.5) is 4.39 Å². The highest BCUT2D eigenvalue weighted by Crippen LogP contribution is 2.24. The van der Waals surface area contributed by atoms with Crippen molar-refractivity contribution in [2.75, 3.05) is 0 Å². The molecule has 0 nitrogen and oxygen atoms in total. The molecule has 0 spiro atoms. The average Bonchev–Trinajstić information content (AvgIpc) is 2.30. The first kappa shape index (κ1) is 10.7. The molecule has 0 aliphatic heterocycles. The van der Waals surface area contributed by atoms with Crippen LogP contribution in [0.25, 0.3) is 11.1 Å². The first-order valence-electron chi connectivity index (χ1n) is 4.73. The van der Waals surface area contributed by atoms with Gasteiger partial charge in [-0.25, -0.2) is 4.39 Å². The molecule has 0 saturated heterocycles. The van der Waals surface area contributed by atoms with Crippen LogP contribution in [0.1, 0.15) is 5.56 Å². The molecule has 16 heavy (non-hydrogen) atoms. The summed E-state index contributed by atoms with van der Waals surface area (Å²) in [5, 5.41) is 0.629. The van der Waals surface area contributed by atoms with Gasteiger partial charge in [-0.3, -0.25) is 0 Å². The molecule has 0 N–H and O–H groups in total. The van der Waals surface area contributed by atoms with Crippen molar-refractivity contribution in [3.05, 3.63) is 58.9 Å². The van der Waals surface area contributed by atoms with Crippen molar-refractivity contribution in [3.8, 4) is 23.5 Å². The highest BCUT2D eigenvalue weighted by atomic mass is 35.5. The van der Waals surface area contributed by atoms with Gasteiger partial charge < -0.3 is 0 Å². The molecule has 2 rings (SSSR count). The third-order valence-corrected chi connectivity index (χ3v) is 2.54. The lowest BCUT2D eigenvalue weighted by Crippen LogP contribution is -1.85. The molecule has 0 aromatic heterocycles. The van der Waals surface area contributed by atoms with Crippen molar-refractivity contribution < 1.29 is 4.39 Å². The second-order valence-corrected chi connectivity index (χ2v) is 3.78. The summed E-state index contributed by atoms with van der Waals surface area (Å²) in [4.78, 5) is 0. The van der Waals surface area contributed by atoms with Crippen molar-refractivity contribution in [1.82, 2.24) is 0 Å². The molecule has 2 heteroatoms. The molecule has 0 aliphatic rings. The van der Waals surface area contributed by atoms with Crippen LogP contribution in [0.5, 0.6) is 0 Å². The fraction of sp³-hybridized carbons (Fsp3) is 0. The van der Waals surface area contributed by atoms with Crippen molar-refractivity contribution >= 4 is 11.6 Å². The smallest absolute Gasteiger partial charge is 0.132 e. The maximum Gasteiger partial charge on any atom is 0.132 e. The van der Waals surface area contributed by atoms with Crippen molar-refractivity contribution in [3.63, 3.8) is 0 Å². The van der Waals surface area contributed by atoms with E-state index >= 15 is 0 Å². The van der Waals surface area contributed by atoms with Crippen LogP contribution in [0.3, 0.4) is 0 Å². The zero-order chi connectivity index (χ0) is 11.5. The predicted molar refractivity (Wildman–Crippen MR) is 64.8 cm³/mol. The second kappa shape index (κ2) is 4.38. The van der Waals surface area contributed by atoms with Crippen molar-refractivity contribution in [1.29, 1.82) is 0 Å². The summed E-state index contributed by atoms with van der Waals surface area (Å²) in [7, 11) is 0. The molecule has 0 fully saturated rings. The maximum absolute atomic E-state index is 13.7. The Bertz CT molecular complexity index is 550. The third kappa shape index (κ3) is 2.08. The van der Waals surface area contributed by atoms with Gasteiger partial charge in [0, 0.05) is 16.1 Å². The Hall–Kier alpha value is -1.78. The van der Waals surface area contributed by atoms with Gasteiger partial charge in [0.05, 0.1) is 0 Å². The van der Waals surface area contributed by atoms with Crippen molar-refractivity contribution in [2.24, 2.45) is 0 Å². The summed E-state index contributed by atoms with van der Waals surface area (Å²) in [6.07, 6.45) is 5.19. The summed E-state index contributed by atoms with van der Waals surface area (Å²) >= 11 is 5.77. The van der Waals surface area contributed by atoms with Crippen LogP contribution in [0, 0.1) is 18.2 Å². The molecule has 0 radical (unpaired) electrons. The number of halogens is 2. The summed E-state index contributed by atoms with van der Waals surface area (Å²) < 4.78 is 13.7. The van der Waals surface area contributed by atoms with Gasteiger partial charge in [-0.1, -0.05) is 35.7 Å². The van der Waals surface area contributed by atoms with E-state index in [1.165, 1.54) is 6.07 Å². The quantitative estimate of drug-likeness (QED) is 0.647. The van der Waals surface area contributed by atoms with E-state index in [1.54, 1.807) is 36.4 Å². The summed E-state index contributed by atoms with van der Waals surface area (Å²) in [6, 6.07) is 11.7. The number of rotatable bonds is 1. The Morgan fingerprint density at radius 2 is 1.75 bits per heavy atom. The first-order chi connectivity index (χ1) is 7.70. The summed E-state index contributed by atoms with van der Waals surface area (Å²) in [6.45, 7) is 0. The SMILES string of the molecule is C#Cc1ccc(-c2ccc(Cl)cc2)c(F)c1. The van der Waals surface area contributed by atoms with E-state index in [4.69, 9.17) is 18.0 Å². The molecular formula is C14H8ClF. The molecule has 0 atom stereocenters. The molecule has 78 valence electrons. The van der Waals surface area contributed by atoms with E-state index in [0.29, 0.717) is 16.1 Å². The van der Waals surface area contributed by atoms with Gasteiger partial charge in [0.25, 0.3) is 0 Å². The van der Waals surface area contributed by atoms with Crippen LogP contribution < -0.4 is 0 Å². The normalized spacial score (nSPS) is 9.81. The summed E-state index contributed by atoms with van der Waals surface area (Å²) in [5.41, 5.74) is 1.84. The van der Waals surface area contributed by atoms with Gasteiger partial charge >= 0.3 is 0 Å². The minimum Gasteiger partial charge on any atom is -0.206 e. The Morgan fingerprint density at radius 3 is 2.31 bits per heavy atom. The zero-order valence-electron chi connectivity index (χ0n) is 8.37. The fourth-order valence-electron chi connectivity index (χ4n) is 1.47. The third-order valence-electron chi connectivity index (χ3n) is 2.29. The van der Waals surface area contributed by atoms with E-state index in [-0.39, 0.29) is 5.82 Å². The molecule has 0 bridgehead atoms. The number of hydrogen-bond acceptors (Lipinski definition) is 0. The molecule has 0 aliphatic carbocycles. The Labute approximate surface area is 98.7 Å². The molecule has 0 amide bonds. The highest BCUT2D eigenvalue weighted by Gasteiger charge is 2.05. The standard InChI is InChI=1S/C14H8ClF/c1-2-10-3-8-13(14(16)9-10)11-4-6-12(15)7-5-11/h1,3-9H. The lowest BCUT2D eigenvalue weighted by Gasteiger charge is -2.04. The van der Waals surface area contributed by atoms with Crippen LogP contribution >= 0.6 is 11.6 Å². The topological polar surface area (TPSA) is 0 Å². The minimum absolute atomic E-state index is 0.322. The lowest BCUT2D eigenvalue weighted by atomic mass is 10.0. The Balaban J connectivity index is 2.49. The van der Waals surface area contributed by atoms with E-state index in [0.717, 1.165) is 5.56 Å². The first-order valence-corrected chi connectivity index (χ1v) is 5.10. The molecule has 2 aromatic rings. The number of benzene rings is 2. The van der Waals surface area contributed by atoms with Crippen LogP contribution in [0.15, 0.2) is 42.5 Å². The van der Waals surface area contributed by atoms with E-state index < -0.39 is 0 Å². The van der Waals surface area contributed by atoms with E-state index in [2.05, 4.69) is 5.92 Å².